The fraction of sp³-hybridized carbons (Fsp3) is 0.333. The van der Waals surface area contributed by atoms with Gasteiger partial charge < -0.3 is 10.6 Å². The van der Waals surface area contributed by atoms with Crippen LogP contribution in [0.2, 0.25) is 0 Å². The first kappa shape index (κ1) is 10.1. The number of aromatic nitrogens is 2. The number of carbonyl (C=O) groups excluding carboxylic acids is 1. The average molecular weight is 192 g/mol. The lowest BCUT2D eigenvalue weighted by Crippen LogP contribution is -2.28. The minimum atomic E-state index is -0.263. The van der Waals surface area contributed by atoms with Crippen LogP contribution in [0.4, 0.5) is 5.69 Å². The second-order valence-electron chi connectivity index (χ2n) is 2.97. The molecule has 0 fully saturated rings. The highest BCUT2D eigenvalue weighted by Crippen LogP contribution is 2.09. The zero-order chi connectivity index (χ0) is 10.7. The number of aryl methyl sites for hydroxylation is 1. The summed E-state index contributed by atoms with van der Waals surface area (Å²) in [5, 5.41) is 3.95. The third-order valence-corrected chi connectivity index (χ3v) is 1.73. The number of anilines is 1. The van der Waals surface area contributed by atoms with Crippen molar-refractivity contribution in [3.05, 3.63) is 11.9 Å². The molecule has 0 saturated carbocycles. The van der Waals surface area contributed by atoms with Crippen LogP contribution in [-0.4, -0.2) is 34.2 Å². The Labute approximate surface area is 82.5 Å². The Morgan fingerprint density at radius 1 is 1.86 bits per heavy atom. The van der Waals surface area contributed by atoms with Gasteiger partial charge in [-0.2, -0.15) is 5.10 Å². The van der Waals surface area contributed by atoms with Gasteiger partial charge in [-0.15, -0.1) is 6.42 Å². The molecule has 0 spiro atoms. The quantitative estimate of drug-likeness (QED) is 0.655. The number of nitrogen functional groups attached to an aromatic ring is 1. The van der Waals surface area contributed by atoms with E-state index in [9.17, 15) is 4.79 Å². The van der Waals surface area contributed by atoms with Gasteiger partial charge in [0.05, 0.1) is 12.2 Å². The van der Waals surface area contributed by atoms with Gasteiger partial charge in [0.1, 0.15) is 0 Å². The lowest BCUT2D eigenvalue weighted by Gasteiger charge is -2.11. The van der Waals surface area contributed by atoms with Crippen molar-refractivity contribution in [1.82, 2.24) is 14.7 Å². The third kappa shape index (κ3) is 1.85. The van der Waals surface area contributed by atoms with Crippen LogP contribution in [0.3, 0.4) is 0 Å². The first-order valence-electron chi connectivity index (χ1n) is 4.04. The third-order valence-electron chi connectivity index (χ3n) is 1.73. The van der Waals surface area contributed by atoms with E-state index >= 15 is 0 Å². The Bertz CT molecular complexity index is 388. The molecule has 14 heavy (non-hydrogen) atoms. The summed E-state index contributed by atoms with van der Waals surface area (Å²) in [6.45, 7) is 0.245. The van der Waals surface area contributed by atoms with E-state index in [1.165, 1.54) is 9.58 Å². The predicted octanol–water partition coefficient (Wildman–Crippen LogP) is -0.293. The number of nitrogens with two attached hydrogens (primary N) is 1. The molecule has 0 aliphatic carbocycles. The second kappa shape index (κ2) is 3.83. The van der Waals surface area contributed by atoms with Gasteiger partial charge in [0.25, 0.3) is 5.91 Å². The fourth-order valence-corrected chi connectivity index (χ4v) is 1.06. The Hall–Kier alpha value is -1.96. The SMILES string of the molecule is C#CCN(C)C(=O)c1nn(C)cc1N. The van der Waals surface area contributed by atoms with Crippen molar-refractivity contribution < 1.29 is 4.79 Å². The van der Waals surface area contributed by atoms with E-state index < -0.39 is 0 Å². The Kier molecular flexibility index (Phi) is 2.77. The average Bonchev–Trinajstić information content (AvgIpc) is 2.44. The molecule has 5 heteroatoms. The molecule has 0 saturated heterocycles. The van der Waals surface area contributed by atoms with Crippen LogP contribution in [0.1, 0.15) is 10.5 Å². The molecule has 0 aliphatic heterocycles. The van der Waals surface area contributed by atoms with E-state index in [2.05, 4.69) is 11.0 Å². The van der Waals surface area contributed by atoms with Crippen molar-refractivity contribution in [1.29, 1.82) is 0 Å². The maximum absolute atomic E-state index is 11.6. The van der Waals surface area contributed by atoms with Crippen LogP contribution >= 0.6 is 0 Å². The van der Waals surface area contributed by atoms with Crippen molar-refractivity contribution in [2.45, 2.75) is 0 Å². The summed E-state index contributed by atoms with van der Waals surface area (Å²) in [4.78, 5) is 13.0. The molecular formula is C9H12N4O. The zero-order valence-electron chi connectivity index (χ0n) is 8.19. The second-order valence-corrected chi connectivity index (χ2v) is 2.97. The van der Waals surface area contributed by atoms with Crippen LogP contribution in [0.5, 0.6) is 0 Å². The lowest BCUT2D eigenvalue weighted by atomic mass is 10.3. The molecule has 0 atom stereocenters. The van der Waals surface area contributed by atoms with Crippen LogP contribution in [-0.2, 0) is 7.05 Å². The zero-order valence-corrected chi connectivity index (χ0v) is 8.19. The number of nitrogens with zero attached hydrogens (tertiary/aromatic N) is 3. The van der Waals surface area contributed by atoms with Gasteiger partial charge in [-0.3, -0.25) is 9.48 Å². The maximum Gasteiger partial charge on any atom is 0.277 e. The van der Waals surface area contributed by atoms with Gasteiger partial charge in [-0.05, 0) is 0 Å². The van der Waals surface area contributed by atoms with E-state index in [4.69, 9.17) is 12.2 Å². The molecule has 0 unspecified atom stereocenters. The molecule has 0 radical (unpaired) electrons. The molecule has 0 bridgehead atoms. The van der Waals surface area contributed by atoms with Crippen LogP contribution in [0, 0.1) is 12.3 Å². The summed E-state index contributed by atoms with van der Waals surface area (Å²) in [6.07, 6.45) is 6.67. The number of amides is 1. The molecule has 1 amide bonds. The van der Waals surface area contributed by atoms with E-state index in [-0.39, 0.29) is 18.1 Å². The Morgan fingerprint density at radius 3 is 2.93 bits per heavy atom. The van der Waals surface area contributed by atoms with E-state index in [0.717, 1.165) is 0 Å². The Morgan fingerprint density at radius 2 is 2.50 bits per heavy atom. The van der Waals surface area contributed by atoms with Crippen molar-refractivity contribution in [3.8, 4) is 12.3 Å². The molecule has 1 aromatic heterocycles. The molecule has 2 N–H and O–H groups in total. The molecule has 1 heterocycles. The topological polar surface area (TPSA) is 64.2 Å². The van der Waals surface area contributed by atoms with Crippen molar-refractivity contribution in [3.63, 3.8) is 0 Å². The minimum absolute atomic E-state index is 0.241. The molecular weight excluding hydrogens is 180 g/mol. The number of terminal acetylenes is 1. The summed E-state index contributed by atoms with van der Waals surface area (Å²) in [5.74, 6) is 2.11. The van der Waals surface area contributed by atoms with Gasteiger partial charge in [0.2, 0.25) is 0 Å². The van der Waals surface area contributed by atoms with Gasteiger partial charge >= 0.3 is 0 Å². The van der Waals surface area contributed by atoms with Gasteiger partial charge in [0, 0.05) is 20.3 Å². The van der Waals surface area contributed by atoms with Crippen LogP contribution < -0.4 is 5.73 Å². The fourth-order valence-electron chi connectivity index (χ4n) is 1.06. The van der Waals surface area contributed by atoms with Crippen molar-refractivity contribution >= 4 is 11.6 Å². The van der Waals surface area contributed by atoms with Crippen molar-refractivity contribution in [2.75, 3.05) is 19.3 Å². The molecule has 0 aliphatic rings. The standard InChI is InChI=1S/C9H12N4O/c1-4-5-12(2)9(14)8-7(10)6-13(3)11-8/h1,6H,5,10H2,2-3H3. The molecule has 0 aromatic carbocycles. The molecule has 1 aromatic rings. The number of hydrogen-bond acceptors (Lipinski definition) is 3. The summed E-state index contributed by atoms with van der Waals surface area (Å²) in [5.41, 5.74) is 6.20. The Balaban J connectivity index is 2.90. The van der Waals surface area contributed by atoms with E-state index in [1.54, 1.807) is 20.3 Å². The van der Waals surface area contributed by atoms with Crippen molar-refractivity contribution in [2.24, 2.45) is 7.05 Å². The maximum atomic E-state index is 11.6. The van der Waals surface area contributed by atoms with Gasteiger partial charge in [-0.25, -0.2) is 0 Å². The molecule has 1 rings (SSSR count). The first-order chi connectivity index (χ1) is 6.56. The summed E-state index contributed by atoms with van der Waals surface area (Å²) < 4.78 is 1.49. The minimum Gasteiger partial charge on any atom is -0.396 e. The van der Waals surface area contributed by atoms with Gasteiger partial charge in [0.15, 0.2) is 5.69 Å². The largest absolute Gasteiger partial charge is 0.396 e. The summed E-state index contributed by atoms with van der Waals surface area (Å²) in [6, 6.07) is 0. The van der Waals surface area contributed by atoms with E-state index in [0.29, 0.717) is 5.69 Å². The highest BCUT2D eigenvalue weighted by molar-refractivity contribution is 5.96. The predicted molar refractivity (Wildman–Crippen MR) is 53.4 cm³/mol. The van der Waals surface area contributed by atoms with E-state index in [1.807, 2.05) is 0 Å². The molecule has 74 valence electrons. The number of carbonyl (C=O) groups is 1. The number of hydrogen-bond donors (Lipinski definition) is 1. The highest BCUT2D eigenvalue weighted by Gasteiger charge is 2.17. The van der Waals surface area contributed by atoms with Gasteiger partial charge in [-0.1, -0.05) is 5.92 Å². The summed E-state index contributed by atoms with van der Waals surface area (Å²) >= 11 is 0. The summed E-state index contributed by atoms with van der Waals surface area (Å²) in [7, 11) is 3.31. The van der Waals surface area contributed by atoms with Crippen LogP contribution in [0.15, 0.2) is 6.20 Å². The monoisotopic (exact) mass is 192 g/mol. The van der Waals surface area contributed by atoms with Crippen LogP contribution in [0.25, 0.3) is 0 Å². The lowest BCUT2D eigenvalue weighted by molar-refractivity contribution is 0.0807. The normalized spacial score (nSPS) is 9.50. The smallest absolute Gasteiger partial charge is 0.277 e. The highest BCUT2D eigenvalue weighted by atomic mass is 16.2. The number of rotatable bonds is 2. The molecule has 5 nitrogen and oxygen atoms in total. The first-order valence-corrected chi connectivity index (χ1v) is 4.04.